The molecule has 2 atom stereocenters. The molecule has 1 unspecified atom stereocenters. The van der Waals surface area contributed by atoms with Crippen LogP contribution in [0.3, 0.4) is 0 Å². The van der Waals surface area contributed by atoms with Gasteiger partial charge in [-0.15, -0.1) is 0 Å². The van der Waals surface area contributed by atoms with Gasteiger partial charge in [-0.1, -0.05) is 24.9 Å². The third kappa shape index (κ3) is 9.18. The van der Waals surface area contributed by atoms with Gasteiger partial charge in [0.25, 0.3) is 0 Å². The Morgan fingerprint density at radius 1 is 1.40 bits per heavy atom. The number of azide groups is 1. The molecule has 0 saturated carbocycles. The molecule has 0 aliphatic heterocycles. The standard InChI is InChI=1S/C12H23N5O3/c1-2-5-10(16-17-14)12(20)15-7-4-3-6-9(13)8-11(18)19/h9-10H,2-8,13H2,1H3,(H,15,20)(H,18,19)/t9-,10?/m0/s1. The Labute approximate surface area is 118 Å². The maximum atomic E-state index is 11.7. The summed E-state index contributed by atoms with van der Waals surface area (Å²) in [7, 11) is 0. The molecule has 4 N–H and O–H groups in total. The number of nitrogens with zero attached hydrogens (tertiary/aromatic N) is 3. The van der Waals surface area contributed by atoms with Crippen molar-refractivity contribution in [2.45, 2.75) is 57.5 Å². The zero-order valence-electron chi connectivity index (χ0n) is 11.8. The van der Waals surface area contributed by atoms with Gasteiger partial charge in [0.15, 0.2) is 0 Å². The fourth-order valence-electron chi connectivity index (χ4n) is 1.76. The van der Waals surface area contributed by atoms with Crippen LogP contribution < -0.4 is 11.1 Å². The fourth-order valence-corrected chi connectivity index (χ4v) is 1.76. The van der Waals surface area contributed by atoms with Gasteiger partial charge in [-0.05, 0) is 24.8 Å². The maximum absolute atomic E-state index is 11.7. The van der Waals surface area contributed by atoms with Crippen molar-refractivity contribution in [3.63, 3.8) is 0 Å². The summed E-state index contributed by atoms with van der Waals surface area (Å²) < 4.78 is 0. The number of carbonyl (C=O) groups excluding carboxylic acids is 1. The highest BCUT2D eigenvalue weighted by molar-refractivity contribution is 5.81. The Kier molecular flexibility index (Phi) is 10.1. The second-order valence-electron chi connectivity index (χ2n) is 4.65. The van der Waals surface area contributed by atoms with Gasteiger partial charge in [-0.3, -0.25) is 9.59 Å². The van der Waals surface area contributed by atoms with Crippen LogP contribution in [0.25, 0.3) is 10.4 Å². The summed E-state index contributed by atoms with van der Waals surface area (Å²) in [4.78, 5) is 24.8. The number of nitrogens with one attached hydrogen (secondary N) is 1. The van der Waals surface area contributed by atoms with Gasteiger partial charge in [-0.25, -0.2) is 0 Å². The lowest BCUT2D eigenvalue weighted by Crippen LogP contribution is -2.34. The molecule has 114 valence electrons. The van der Waals surface area contributed by atoms with E-state index >= 15 is 0 Å². The van der Waals surface area contributed by atoms with Crippen LogP contribution >= 0.6 is 0 Å². The van der Waals surface area contributed by atoms with Gasteiger partial charge in [0, 0.05) is 17.5 Å². The first kappa shape index (κ1) is 18.2. The summed E-state index contributed by atoms with van der Waals surface area (Å²) in [6, 6.07) is -1.00. The molecule has 0 fully saturated rings. The minimum absolute atomic E-state index is 0.0399. The van der Waals surface area contributed by atoms with E-state index < -0.39 is 12.0 Å². The Morgan fingerprint density at radius 3 is 2.65 bits per heavy atom. The lowest BCUT2D eigenvalue weighted by molar-refractivity contribution is -0.137. The van der Waals surface area contributed by atoms with Crippen LogP contribution in [0.2, 0.25) is 0 Å². The predicted octanol–water partition coefficient (Wildman–Crippen LogP) is 1.55. The molecule has 0 radical (unpaired) electrons. The maximum Gasteiger partial charge on any atom is 0.304 e. The molecule has 0 aromatic heterocycles. The average Bonchev–Trinajstić information content (AvgIpc) is 2.37. The molecule has 0 spiro atoms. The third-order valence-corrected chi connectivity index (χ3v) is 2.79. The van der Waals surface area contributed by atoms with Gasteiger partial charge < -0.3 is 16.2 Å². The van der Waals surface area contributed by atoms with E-state index in [0.29, 0.717) is 25.8 Å². The van der Waals surface area contributed by atoms with Crippen LogP contribution in [0.15, 0.2) is 5.11 Å². The van der Waals surface area contributed by atoms with Crippen molar-refractivity contribution in [2.24, 2.45) is 10.8 Å². The molecule has 0 aliphatic rings. The van der Waals surface area contributed by atoms with E-state index in [1.807, 2.05) is 6.92 Å². The Hall–Kier alpha value is -1.79. The highest BCUT2D eigenvalue weighted by Crippen LogP contribution is 2.04. The molecule has 0 aromatic rings. The molecule has 0 bridgehead atoms. The highest BCUT2D eigenvalue weighted by Gasteiger charge is 2.14. The van der Waals surface area contributed by atoms with Gasteiger partial charge in [0.1, 0.15) is 6.04 Å². The number of unbranched alkanes of at least 4 members (excludes halogenated alkanes) is 1. The van der Waals surface area contributed by atoms with Crippen LogP contribution in [-0.4, -0.2) is 35.6 Å². The van der Waals surface area contributed by atoms with E-state index in [1.165, 1.54) is 0 Å². The molecular weight excluding hydrogens is 262 g/mol. The molecule has 8 heteroatoms. The minimum atomic E-state index is -0.900. The second kappa shape index (κ2) is 11.1. The summed E-state index contributed by atoms with van der Waals surface area (Å²) in [5.41, 5.74) is 14.0. The van der Waals surface area contributed by atoms with E-state index in [1.54, 1.807) is 0 Å². The van der Waals surface area contributed by atoms with Crippen molar-refractivity contribution in [3.05, 3.63) is 10.4 Å². The molecular formula is C12H23N5O3. The fraction of sp³-hybridized carbons (Fsp3) is 0.833. The van der Waals surface area contributed by atoms with Crippen LogP contribution in [0.5, 0.6) is 0 Å². The molecule has 8 nitrogen and oxygen atoms in total. The van der Waals surface area contributed by atoms with Gasteiger partial charge in [-0.2, -0.15) is 0 Å². The quantitative estimate of drug-likeness (QED) is 0.229. The van der Waals surface area contributed by atoms with Crippen molar-refractivity contribution in [3.8, 4) is 0 Å². The normalized spacial score (nSPS) is 13.1. The highest BCUT2D eigenvalue weighted by atomic mass is 16.4. The number of carboxylic acids is 1. The topological polar surface area (TPSA) is 141 Å². The zero-order chi connectivity index (χ0) is 15.4. The van der Waals surface area contributed by atoms with E-state index in [-0.39, 0.29) is 18.4 Å². The SMILES string of the molecule is CCCC(N=[N+]=[N-])C(=O)NCCCC[C@H](N)CC(=O)O. The van der Waals surface area contributed by atoms with E-state index in [2.05, 4.69) is 15.3 Å². The number of nitrogens with two attached hydrogens (primary N) is 1. The van der Waals surface area contributed by atoms with Crippen molar-refractivity contribution in [1.82, 2.24) is 5.32 Å². The molecule has 20 heavy (non-hydrogen) atoms. The molecule has 0 rings (SSSR count). The van der Waals surface area contributed by atoms with Gasteiger partial charge in [0.05, 0.1) is 6.42 Å². The number of hydrogen-bond acceptors (Lipinski definition) is 4. The van der Waals surface area contributed by atoms with Crippen LogP contribution in [0, 0.1) is 0 Å². The lowest BCUT2D eigenvalue weighted by Gasteiger charge is -2.11. The summed E-state index contributed by atoms with van der Waals surface area (Å²) in [6.45, 7) is 2.39. The second-order valence-corrected chi connectivity index (χ2v) is 4.65. The number of amides is 1. The first-order valence-electron chi connectivity index (χ1n) is 6.80. The number of carboxylic acid groups (broad SMARTS) is 1. The Balaban J connectivity index is 3.80. The van der Waals surface area contributed by atoms with Crippen LogP contribution in [-0.2, 0) is 9.59 Å². The van der Waals surface area contributed by atoms with Gasteiger partial charge in [0.2, 0.25) is 5.91 Å². The van der Waals surface area contributed by atoms with Gasteiger partial charge >= 0.3 is 5.97 Å². The van der Waals surface area contributed by atoms with E-state index in [0.717, 1.165) is 12.8 Å². The monoisotopic (exact) mass is 285 g/mol. The van der Waals surface area contributed by atoms with E-state index in [4.69, 9.17) is 16.4 Å². The number of hydrogen-bond donors (Lipinski definition) is 3. The van der Waals surface area contributed by atoms with Crippen molar-refractivity contribution in [2.75, 3.05) is 6.54 Å². The van der Waals surface area contributed by atoms with Crippen molar-refractivity contribution >= 4 is 11.9 Å². The number of aliphatic carboxylic acids is 1. The minimum Gasteiger partial charge on any atom is -0.481 e. The molecule has 1 amide bonds. The first-order chi connectivity index (χ1) is 9.51. The number of rotatable bonds is 11. The largest absolute Gasteiger partial charge is 0.481 e. The smallest absolute Gasteiger partial charge is 0.304 e. The molecule has 0 aromatic carbocycles. The first-order valence-corrected chi connectivity index (χ1v) is 6.80. The number of carbonyl (C=O) groups is 2. The summed E-state index contributed by atoms with van der Waals surface area (Å²) in [5.74, 6) is -1.16. The predicted molar refractivity (Wildman–Crippen MR) is 74.9 cm³/mol. The summed E-state index contributed by atoms with van der Waals surface area (Å²) in [5, 5.41) is 14.7. The molecule has 0 aliphatic carbocycles. The summed E-state index contributed by atoms with van der Waals surface area (Å²) in [6.07, 6.45) is 3.32. The molecule has 0 saturated heterocycles. The third-order valence-electron chi connectivity index (χ3n) is 2.79. The van der Waals surface area contributed by atoms with Crippen LogP contribution in [0.4, 0.5) is 0 Å². The van der Waals surface area contributed by atoms with Crippen molar-refractivity contribution in [1.29, 1.82) is 0 Å². The Bertz CT molecular complexity index is 355. The van der Waals surface area contributed by atoms with E-state index in [9.17, 15) is 9.59 Å². The van der Waals surface area contributed by atoms with Crippen molar-refractivity contribution < 1.29 is 14.7 Å². The zero-order valence-corrected chi connectivity index (χ0v) is 11.8. The summed E-state index contributed by atoms with van der Waals surface area (Å²) >= 11 is 0. The van der Waals surface area contributed by atoms with Crippen LogP contribution in [0.1, 0.15) is 45.4 Å². The lowest BCUT2D eigenvalue weighted by atomic mass is 10.1. The Morgan fingerprint density at radius 2 is 2.10 bits per heavy atom. The molecule has 0 heterocycles. The average molecular weight is 285 g/mol.